The molecule has 1 N–H and O–H groups in total. The molecule has 6 heteroatoms. The molecule has 0 saturated carbocycles. The van der Waals surface area contributed by atoms with Crippen LogP contribution in [-0.4, -0.2) is 47.7 Å². The van der Waals surface area contributed by atoms with Gasteiger partial charge in [-0.2, -0.15) is 0 Å². The van der Waals surface area contributed by atoms with E-state index in [-0.39, 0.29) is 0 Å². The van der Waals surface area contributed by atoms with Crippen LogP contribution in [0.4, 0.5) is 5.82 Å². The second-order valence-corrected chi connectivity index (χ2v) is 5.62. The number of hydrogen-bond donors (Lipinski definition) is 1. The number of fused-ring (bicyclic) bond motifs is 1. The number of likely N-dealkylation sites (N-methyl/N-ethyl adjacent to an activating group) is 1. The van der Waals surface area contributed by atoms with Gasteiger partial charge in [-0.1, -0.05) is 6.92 Å². The number of nitrogens with one attached hydrogen (secondary N) is 1. The first-order chi connectivity index (χ1) is 10.3. The van der Waals surface area contributed by atoms with Crippen molar-refractivity contribution < 1.29 is 4.74 Å². The lowest BCUT2D eigenvalue weighted by atomic mass is 10.3. The molecule has 0 unspecified atom stereocenters. The van der Waals surface area contributed by atoms with Crippen LogP contribution in [0.1, 0.15) is 26.6 Å². The predicted molar refractivity (Wildman–Crippen MR) is 89.0 cm³/mol. The highest BCUT2D eigenvalue weighted by molar-refractivity contribution is 7.16. The maximum absolute atomic E-state index is 5.43. The average Bonchev–Trinajstić information content (AvgIpc) is 2.95. The molecule has 0 fully saturated rings. The van der Waals surface area contributed by atoms with Crippen LogP contribution in [0.3, 0.4) is 0 Å². The Kier molecular flexibility index (Phi) is 6.35. The minimum atomic E-state index is 0.756. The standard InChI is InChI=1S/C15H24N4OS/c1-4-16-14-12-7-10-21-15(12)18-13(17-14)11-19(5-2)8-9-20-6-3/h7,10H,4-6,8-9,11H2,1-3H3,(H,16,17,18). The summed E-state index contributed by atoms with van der Waals surface area (Å²) in [6, 6.07) is 2.08. The fourth-order valence-electron chi connectivity index (χ4n) is 2.16. The predicted octanol–water partition coefficient (Wildman–Crippen LogP) is 2.98. The molecule has 0 atom stereocenters. The van der Waals surface area contributed by atoms with E-state index in [1.165, 1.54) is 0 Å². The molecule has 116 valence electrons. The zero-order valence-electron chi connectivity index (χ0n) is 13.1. The lowest BCUT2D eigenvalue weighted by Gasteiger charge is -2.19. The Morgan fingerprint density at radius 1 is 1.29 bits per heavy atom. The highest BCUT2D eigenvalue weighted by Gasteiger charge is 2.11. The van der Waals surface area contributed by atoms with Crippen LogP contribution in [0.25, 0.3) is 10.2 Å². The van der Waals surface area contributed by atoms with Crippen molar-refractivity contribution in [1.82, 2.24) is 14.9 Å². The first-order valence-electron chi connectivity index (χ1n) is 7.56. The first-order valence-corrected chi connectivity index (χ1v) is 8.44. The molecule has 0 aliphatic rings. The molecule has 2 rings (SSSR count). The molecule has 5 nitrogen and oxygen atoms in total. The fraction of sp³-hybridized carbons (Fsp3) is 0.600. The summed E-state index contributed by atoms with van der Waals surface area (Å²) in [5.41, 5.74) is 0. The number of thiophene rings is 1. The van der Waals surface area contributed by atoms with Gasteiger partial charge >= 0.3 is 0 Å². The Labute approximate surface area is 130 Å². The second-order valence-electron chi connectivity index (χ2n) is 4.72. The number of hydrogen-bond acceptors (Lipinski definition) is 6. The van der Waals surface area contributed by atoms with Crippen LogP contribution in [0.5, 0.6) is 0 Å². The third-order valence-electron chi connectivity index (χ3n) is 3.28. The van der Waals surface area contributed by atoms with Gasteiger partial charge in [0.2, 0.25) is 0 Å². The number of rotatable bonds is 9. The zero-order chi connectivity index (χ0) is 15.1. The molecule has 0 bridgehead atoms. The zero-order valence-corrected chi connectivity index (χ0v) is 13.9. The third-order valence-corrected chi connectivity index (χ3v) is 4.09. The summed E-state index contributed by atoms with van der Waals surface area (Å²) in [4.78, 5) is 12.7. The second kappa shape index (κ2) is 8.26. The van der Waals surface area contributed by atoms with Crippen LogP contribution >= 0.6 is 11.3 Å². The van der Waals surface area contributed by atoms with Gasteiger partial charge in [0.1, 0.15) is 16.5 Å². The van der Waals surface area contributed by atoms with E-state index in [0.717, 1.165) is 61.3 Å². The van der Waals surface area contributed by atoms with Crippen molar-refractivity contribution in [1.29, 1.82) is 0 Å². The summed E-state index contributed by atoms with van der Waals surface area (Å²) in [6.07, 6.45) is 0. The van der Waals surface area contributed by atoms with Crippen molar-refractivity contribution in [2.45, 2.75) is 27.3 Å². The molecule has 21 heavy (non-hydrogen) atoms. The normalized spacial score (nSPS) is 11.4. The Morgan fingerprint density at radius 2 is 2.14 bits per heavy atom. The van der Waals surface area contributed by atoms with E-state index in [1.807, 2.05) is 6.92 Å². The van der Waals surface area contributed by atoms with E-state index in [4.69, 9.17) is 4.74 Å². The highest BCUT2D eigenvalue weighted by atomic mass is 32.1. The van der Waals surface area contributed by atoms with Gasteiger partial charge in [-0.15, -0.1) is 11.3 Å². The molecular formula is C15H24N4OS. The number of ether oxygens (including phenoxy) is 1. The highest BCUT2D eigenvalue weighted by Crippen LogP contribution is 2.25. The third kappa shape index (κ3) is 4.36. The van der Waals surface area contributed by atoms with Crippen molar-refractivity contribution >= 4 is 27.4 Å². The first kappa shape index (κ1) is 16.1. The minimum absolute atomic E-state index is 0.756. The number of nitrogens with zero attached hydrogens (tertiary/aromatic N) is 3. The SMILES string of the molecule is CCNc1nc(CN(CC)CCOCC)nc2sccc12. The molecule has 2 heterocycles. The quantitative estimate of drug-likeness (QED) is 0.722. The van der Waals surface area contributed by atoms with E-state index < -0.39 is 0 Å². The van der Waals surface area contributed by atoms with Gasteiger partial charge < -0.3 is 10.1 Å². The summed E-state index contributed by atoms with van der Waals surface area (Å²) in [6.45, 7) is 11.3. The summed E-state index contributed by atoms with van der Waals surface area (Å²) in [5, 5.41) is 6.51. The molecule has 0 radical (unpaired) electrons. The molecule has 2 aromatic rings. The lowest BCUT2D eigenvalue weighted by molar-refractivity contribution is 0.112. The van der Waals surface area contributed by atoms with Crippen molar-refractivity contribution in [2.75, 3.05) is 38.2 Å². The van der Waals surface area contributed by atoms with Crippen LogP contribution in [0.2, 0.25) is 0 Å². The topological polar surface area (TPSA) is 50.3 Å². The fourth-order valence-corrected chi connectivity index (χ4v) is 2.94. The van der Waals surface area contributed by atoms with E-state index in [0.29, 0.717) is 0 Å². The van der Waals surface area contributed by atoms with Gasteiger partial charge in [-0.3, -0.25) is 4.90 Å². The van der Waals surface area contributed by atoms with E-state index in [2.05, 4.69) is 45.5 Å². The van der Waals surface area contributed by atoms with Crippen LogP contribution in [-0.2, 0) is 11.3 Å². The van der Waals surface area contributed by atoms with Gasteiger partial charge in [0, 0.05) is 19.7 Å². The Morgan fingerprint density at radius 3 is 2.86 bits per heavy atom. The van der Waals surface area contributed by atoms with Gasteiger partial charge in [-0.25, -0.2) is 9.97 Å². The average molecular weight is 308 g/mol. The van der Waals surface area contributed by atoms with Crippen LogP contribution in [0, 0.1) is 0 Å². The van der Waals surface area contributed by atoms with Gasteiger partial charge in [0.25, 0.3) is 0 Å². The van der Waals surface area contributed by atoms with Crippen molar-refractivity contribution in [3.8, 4) is 0 Å². The summed E-state index contributed by atoms with van der Waals surface area (Å²) >= 11 is 1.66. The Bertz CT molecular complexity index is 558. The molecule has 0 spiro atoms. The van der Waals surface area contributed by atoms with E-state index >= 15 is 0 Å². The Balaban J connectivity index is 2.12. The summed E-state index contributed by atoms with van der Waals surface area (Å²) in [5.74, 6) is 1.82. The van der Waals surface area contributed by atoms with Gasteiger partial charge in [0.15, 0.2) is 0 Å². The molecule has 2 aromatic heterocycles. The van der Waals surface area contributed by atoms with E-state index in [1.54, 1.807) is 11.3 Å². The van der Waals surface area contributed by atoms with Crippen LogP contribution in [0.15, 0.2) is 11.4 Å². The smallest absolute Gasteiger partial charge is 0.146 e. The lowest BCUT2D eigenvalue weighted by Crippen LogP contribution is -2.28. The Hall–Kier alpha value is -1.24. The maximum atomic E-state index is 5.43. The van der Waals surface area contributed by atoms with E-state index in [9.17, 15) is 0 Å². The summed E-state index contributed by atoms with van der Waals surface area (Å²) < 4.78 is 5.43. The molecule has 0 aliphatic heterocycles. The van der Waals surface area contributed by atoms with Crippen LogP contribution < -0.4 is 5.32 Å². The number of anilines is 1. The molecular weight excluding hydrogens is 284 g/mol. The number of aromatic nitrogens is 2. The molecule has 0 saturated heterocycles. The molecule has 0 aromatic carbocycles. The van der Waals surface area contributed by atoms with Crippen molar-refractivity contribution in [3.63, 3.8) is 0 Å². The monoisotopic (exact) mass is 308 g/mol. The largest absolute Gasteiger partial charge is 0.380 e. The molecule has 0 aliphatic carbocycles. The summed E-state index contributed by atoms with van der Waals surface area (Å²) in [7, 11) is 0. The van der Waals surface area contributed by atoms with Gasteiger partial charge in [0.05, 0.1) is 18.5 Å². The van der Waals surface area contributed by atoms with Gasteiger partial charge in [-0.05, 0) is 31.8 Å². The minimum Gasteiger partial charge on any atom is -0.380 e. The maximum Gasteiger partial charge on any atom is 0.146 e. The van der Waals surface area contributed by atoms with Crippen molar-refractivity contribution in [3.05, 3.63) is 17.3 Å². The molecule has 0 amide bonds. The van der Waals surface area contributed by atoms with Crippen molar-refractivity contribution in [2.24, 2.45) is 0 Å².